The molecule has 0 atom stereocenters. The monoisotopic (exact) mass is 170 g/mol. The summed E-state index contributed by atoms with van der Waals surface area (Å²) in [6.07, 6.45) is 4.06. The van der Waals surface area contributed by atoms with Gasteiger partial charge in [-0.15, -0.1) is 17.4 Å². The van der Waals surface area contributed by atoms with E-state index in [0.29, 0.717) is 0 Å². The van der Waals surface area contributed by atoms with Gasteiger partial charge in [0.25, 0.3) is 14.1 Å². The van der Waals surface area contributed by atoms with Crippen LogP contribution in [-0.2, 0) is 0 Å². The van der Waals surface area contributed by atoms with Crippen molar-refractivity contribution in [1.29, 1.82) is 0 Å². The van der Waals surface area contributed by atoms with Crippen LogP contribution in [0.5, 0.6) is 0 Å². The van der Waals surface area contributed by atoms with Gasteiger partial charge in [-0.3, -0.25) is 0 Å². The summed E-state index contributed by atoms with van der Waals surface area (Å²) in [5.41, 5.74) is 0. The lowest BCUT2D eigenvalue weighted by molar-refractivity contribution is 1.24. The Morgan fingerprint density at radius 2 is 1.00 bits per heavy atom. The zero-order valence-corrected chi connectivity index (χ0v) is 10.4. The fourth-order valence-electron chi connectivity index (χ4n) is 0.866. The van der Waals surface area contributed by atoms with Crippen LogP contribution in [0.25, 0.3) is 0 Å². The van der Waals surface area contributed by atoms with Crippen molar-refractivity contribution in [2.45, 2.75) is 57.1 Å². The second kappa shape index (κ2) is 10.6. The molecule has 0 aliphatic rings. The molecule has 0 spiro atoms. The summed E-state index contributed by atoms with van der Waals surface area (Å²) in [7, 11) is 0. The van der Waals surface area contributed by atoms with Gasteiger partial charge < -0.3 is 0 Å². The van der Waals surface area contributed by atoms with E-state index < -0.39 is 0 Å². The Morgan fingerprint density at radius 1 is 0.818 bits per heavy atom. The molecule has 0 saturated carbocycles. The molecule has 0 saturated heterocycles. The Balaban J connectivity index is 0. The van der Waals surface area contributed by atoms with E-state index in [9.17, 15) is 0 Å². The molecular weight excluding hydrogens is 146 g/mol. The summed E-state index contributed by atoms with van der Waals surface area (Å²) < 4.78 is 0. The van der Waals surface area contributed by atoms with Crippen LogP contribution in [0.3, 0.4) is 0 Å². The van der Waals surface area contributed by atoms with Gasteiger partial charge in [-0.05, 0) is 0 Å². The van der Waals surface area contributed by atoms with Crippen LogP contribution in [0.1, 0.15) is 20.8 Å². The first-order valence-corrected chi connectivity index (χ1v) is 8.54. The summed E-state index contributed by atoms with van der Waals surface area (Å²) in [4.78, 5) is 0. The van der Waals surface area contributed by atoms with Gasteiger partial charge in [0.1, 0.15) is 6.71 Å². The van der Waals surface area contributed by atoms with E-state index in [0.717, 1.165) is 6.71 Å². The average Bonchev–Trinajstić information content (AvgIpc) is 1.90. The molecule has 0 aromatic heterocycles. The zero-order valence-electron chi connectivity index (χ0n) is 9.28. The van der Waals surface area contributed by atoms with Crippen LogP contribution in [0.4, 0.5) is 0 Å². The zero-order chi connectivity index (χ0) is 9.28. The summed E-state index contributed by atoms with van der Waals surface area (Å²) in [5.74, 6) is 6.92. The van der Waals surface area contributed by atoms with Gasteiger partial charge in [0, 0.05) is 0 Å². The second-order valence-electron chi connectivity index (χ2n) is 3.82. The standard InChI is InChI=1S/C6H15B.3CH3.Al/c1-4-7(5-2)6-3;;;;/h4-6H2,1-3H3;3*1H3;. The Kier molecular flexibility index (Phi) is 13.6. The molecule has 0 heterocycles. The first-order valence-electron chi connectivity index (χ1n) is 5.08. The highest BCUT2D eigenvalue weighted by Crippen LogP contribution is 2.01. The van der Waals surface area contributed by atoms with Crippen molar-refractivity contribution in [3.8, 4) is 0 Å². The molecule has 11 heavy (non-hydrogen) atoms. The second-order valence-corrected chi connectivity index (χ2v) is 7.29. The Hall–Kier alpha value is 0.597. The normalized spacial score (nSPS) is 8.18. The highest BCUT2D eigenvalue weighted by molar-refractivity contribution is 6.58. The fraction of sp³-hybridized carbons (Fsp3) is 1.00. The van der Waals surface area contributed by atoms with E-state index in [-0.39, 0.29) is 14.1 Å². The van der Waals surface area contributed by atoms with E-state index in [4.69, 9.17) is 0 Å². The average molecular weight is 170 g/mol. The van der Waals surface area contributed by atoms with Crippen LogP contribution < -0.4 is 0 Å². The van der Waals surface area contributed by atoms with Crippen LogP contribution in [-0.4, -0.2) is 20.9 Å². The third kappa shape index (κ3) is 18.0. The minimum absolute atomic E-state index is 0.139. The summed E-state index contributed by atoms with van der Waals surface area (Å²) in [6.45, 7) is 7.77. The van der Waals surface area contributed by atoms with Gasteiger partial charge in [-0.1, -0.05) is 39.7 Å². The van der Waals surface area contributed by atoms with Gasteiger partial charge in [0.2, 0.25) is 0 Å². The SMILES string of the molecule is CCB(CC)CC.[CH3][Al]([CH3])[CH3]. The molecule has 0 rings (SSSR count). The largest absolute Gasteiger partial charge is 0.251 e. The van der Waals surface area contributed by atoms with Crippen LogP contribution >= 0.6 is 0 Å². The lowest BCUT2D eigenvalue weighted by Gasteiger charge is -2.00. The minimum Gasteiger partial charge on any atom is -0.106 e. The Bertz CT molecular complexity index is 52.3. The first kappa shape index (κ1) is 14.1. The first-order chi connectivity index (χ1) is 5.08. The van der Waals surface area contributed by atoms with Crippen molar-refractivity contribution in [3.05, 3.63) is 0 Å². The number of rotatable bonds is 3. The molecule has 0 bridgehead atoms. The van der Waals surface area contributed by atoms with Crippen molar-refractivity contribution in [2.75, 3.05) is 0 Å². The van der Waals surface area contributed by atoms with Crippen LogP contribution in [0, 0.1) is 0 Å². The van der Waals surface area contributed by atoms with Gasteiger partial charge in [0.05, 0.1) is 0 Å². The van der Waals surface area contributed by atoms with Gasteiger partial charge in [0.15, 0.2) is 0 Å². The highest BCUT2D eigenvalue weighted by atomic mass is 27.2. The topological polar surface area (TPSA) is 0 Å². The molecule has 0 aromatic carbocycles. The lowest BCUT2D eigenvalue weighted by Crippen LogP contribution is -2.04. The van der Waals surface area contributed by atoms with E-state index in [1.807, 2.05) is 0 Å². The van der Waals surface area contributed by atoms with Crippen LogP contribution in [0.15, 0.2) is 0 Å². The van der Waals surface area contributed by atoms with E-state index in [1.54, 1.807) is 0 Å². The predicted octanol–water partition coefficient (Wildman–Crippen LogP) is 3.91. The lowest BCUT2D eigenvalue weighted by atomic mass is 9.44. The molecule has 0 N–H and O–H groups in total. The molecule has 0 aromatic rings. The highest BCUT2D eigenvalue weighted by Gasteiger charge is 2.01. The van der Waals surface area contributed by atoms with E-state index in [2.05, 4.69) is 38.1 Å². The molecular formula is C9H24AlB. The Morgan fingerprint density at radius 3 is 1.00 bits per heavy atom. The molecule has 2 heteroatoms. The van der Waals surface area contributed by atoms with Crippen LogP contribution in [0.2, 0.25) is 36.3 Å². The molecule has 0 aliphatic carbocycles. The van der Waals surface area contributed by atoms with Crippen molar-refractivity contribution < 1.29 is 0 Å². The third-order valence-corrected chi connectivity index (χ3v) is 1.73. The minimum atomic E-state index is -0.139. The van der Waals surface area contributed by atoms with Crippen molar-refractivity contribution in [1.82, 2.24) is 0 Å². The fourth-order valence-corrected chi connectivity index (χ4v) is 0.866. The molecule has 0 nitrogen and oxygen atoms in total. The third-order valence-electron chi connectivity index (χ3n) is 1.73. The maximum Gasteiger partial charge on any atom is 0.251 e. The van der Waals surface area contributed by atoms with Crippen molar-refractivity contribution in [2.24, 2.45) is 0 Å². The maximum atomic E-state index is 2.31. The number of hydrogen-bond acceptors (Lipinski definition) is 0. The van der Waals surface area contributed by atoms with E-state index >= 15 is 0 Å². The van der Waals surface area contributed by atoms with Gasteiger partial charge in [-0.25, -0.2) is 0 Å². The molecule has 0 radical (unpaired) electrons. The molecule has 0 aliphatic heterocycles. The quantitative estimate of drug-likeness (QED) is 0.563. The van der Waals surface area contributed by atoms with Gasteiger partial charge in [-0.2, -0.15) is 0 Å². The number of hydrogen-bond donors (Lipinski definition) is 0. The smallest absolute Gasteiger partial charge is 0.106 e. The molecule has 66 valence electrons. The van der Waals surface area contributed by atoms with Crippen molar-refractivity contribution in [3.63, 3.8) is 0 Å². The van der Waals surface area contributed by atoms with E-state index in [1.165, 1.54) is 19.0 Å². The molecule has 0 amide bonds. The predicted molar refractivity (Wildman–Crippen MR) is 60.5 cm³/mol. The molecule has 0 unspecified atom stereocenters. The summed E-state index contributed by atoms with van der Waals surface area (Å²) in [5, 5.41) is 0. The summed E-state index contributed by atoms with van der Waals surface area (Å²) in [6, 6.07) is 0. The van der Waals surface area contributed by atoms with Crippen molar-refractivity contribution >= 4 is 20.9 Å². The summed E-state index contributed by atoms with van der Waals surface area (Å²) >= 11 is -0.139. The molecule has 0 fully saturated rings. The van der Waals surface area contributed by atoms with Gasteiger partial charge >= 0.3 is 0 Å². The Labute approximate surface area is 78.2 Å². The maximum absolute atomic E-state index is 2.31.